The van der Waals surface area contributed by atoms with Gasteiger partial charge in [-0.2, -0.15) is 0 Å². The minimum Gasteiger partial charge on any atom is -0.449 e. The number of ether oxygens (including phenoxy) is 1. The molecule has 1 aliphatic carbocycles. The molecule has 0 unspecified atom stereocenters. The van der Waals surface area contributed by atoms with Crippen molar-refractivity contribution in [1.82, 2.24) is 4.57 Å². The fraction of sp³-hybridized carbons (Fsp3) is 0.412. The molecule has 10 heteroatoms. The zero-order valence-corrected chi connectivity index (χ0v) is 15.7. The molecule has 0 radical (unpaired) electrons. The number of fused-ring (bicyclic) bond motifs is 1. The van der Waals surface area contributed by atoms with E-state index < -0.39 is 17.4 Å². The molecular weight excluding hydrogens is 400 g/mol. The molecule has 2 heterocycles. The van der Waals surface area contributed by atoms with E-state index in [-0.39, 0.29) is 46.3 Å². The Morgan fingerprint density at radius 2 is 2.07 bits per heavy atom. The lowest BCUT2D eigenvalue weighted by molar-refractivity contribution is 0.143. The number of hydrogen-bond donors (Lipinski definition) is 2. The summed E-state index contributed by atoms with van der Waals surface area (Å²) < 4.78 is 21.1. The van der Waals surface area contributed by atoms with Crippen LogP contribution in [0.25, 0.3) is 10.9 Å². The van der Waals surface area contributed by atoms with Crippen molar-refractivity contribution in [2.24, 2.45) is 5.73 Å². The van der Waals surface area contributed by atoms with Crippen molar-refractivity contribution in [2.75, 3.05) is 18.0 Å². The molecule has 0 amide bonds. The lowest BCUT2D eigenvalue weighted by atomic mass is 10.1. The molecule has 3 N–H and O–H groups in total. The summed E-state index contributed by atoms with van der Waals surface area (Å²) in [4.78, 5) is 25.2. The number of aromatic nitrogens is 1. The molecule has 1 aromatic carbocycles. The smallest absolute Gasteiger partial charge is 0.449 e. The van der Waals surface area contributed by atoms with Gasteiger partial charge in [0.05, 0.1) is 27.8 Å². The molecule has 27 heavy (non-hydrogen) atoms. The van der Waals surface area contributed by atoms with Crippen LogP contribution in [0.3, 0.4) is 0 Å². The molecule has 1 saturated heterocycles. The molecule has 4 rings (SSSR count). The van der Waals surface area contributed by atoms with Crippen LogP contribution in [0.4, 0.5) is 14.9 Å². The Morgan fingerprint density at radius 1 is 1.37 bits per heavy atom. The fourth-order valence-electron chi connectivity index (χ4n) is 3.49. The van der Waals surface area contributed by atoms with Crippen LogP contribution in [0, 0.1) is 5.82 Å². The average molecular weight is 418 g/mol. The Hall–Kier alpha value is -2.03. The van der Waals surface area contributed by atoms with Gasteiger partial charge in [0, 0.05) is 25.2 Å². The molecule has 2 aromatic rings. The monoisotopic (exact) mass is 417 g/mol. The van der Waals surface area contributed by atoms with Crippen molar-refractivity contribution in [3.63, 3.8) is 0 Å². The molecule has 146 valence electrons. The van der Waals surface area contributed by atoms with Gasteiger partial charge in [0.2, 0.25) is 5.43 Å². The van der Waals surface area contributed by atoms with Gasteiger partial charge in [-0.1, -0.05) is 11.6 Å². The molecule has 0 spiro atoms. The maximum atomic E-state index is 14.8. The third-order valence-electron chi connectivity index (χ3n) is 4.83. The number of anilines is 1. The molecule has 2 fully saturated rings. The minimum absolute atomic E-state index is 0. The highest BCUT2D eigenvalue weighted by molar-refractivity contribution is 6.38. The van der Waals surface area contributed by atoms with Gasteiger partial charge in [-0.25, -0.2) is 9.18 Å². The minimum atomic E-state index is -1.60. The molecule has 0 bridgehead atoms. The second kappa shape index (κ2) is 7.18. The van der Waals surface area contributed by atoms with Gasteiger partial charge in [-0.15, -0.1) is 12.4 Å². The average Bonchev–Trinajstić information content (AvgIpc) is 3.32. The Morgan fingerprint density at radius 3 is 2.63 bits per heavy atom. The second-order valence-corrected chi connectivity index (χ2v) is 7.12. The summed E-state index contributed by atoms with van der Waals surface area (Å²) in [6, 6.07) is 1.13. The largest absolute Gasteiger partial charge is 0.511 e. The summed E-state index contributed by atoms with van der Waals surface area (Å²) in [5.74, 6) is -0.994. The Kier molecular flexibility index (Phi) is 5.24. The zero-order chi connectivity index (χ0) is 18.6. The lowest BCUT2D eigenvalue weighted by Crippen LogP contribution is -2.27. The number of pyridine rings is 1. The number of nitrogens with two attached hydrogens (primary N) is 1. The summed E-state index contributed by atoms with van der Waals surface area (Å²) in [6.45, 7) is 1.06. The van der Waals surface area contributed by atoms with Gasteiger partial charge < -0.3 is 25.0 Å². The van der Waals surface area contributed by atoms with E-state index in [0.29, 0.717) is 18.6 Å². The van der Waals surface area contributed by atoms with Gasteiger partial charge in [0.15, 0.2) is 5.75 Å². The van der Waals surface area contributed by atoms with E-state index in [1.165, 1.54) is 6.20 Å². The molecule has 1 aromatic heterocycles. The van der Waals surface area contributed by atoms with Crippen molar-refractivity contribution < 1.29 is 19.0 Å². The van der Waals surface area contributed by atoms with E-state index >= 15 is 0 Å². The normalized spacial score (nSPS) is 19.2. The number of hydrogen-bond acceptors (Lipinski definition) is 5. The van der Waals surface area contributed by atoms with Crippen LogP contribution in [0.5, 0.6) is 5.75 Å². The third kappa shape index (κ3) is 3.44. The third-order valence-corrected chi connectivity index (χ3v) is 5.19. The van der Waals surface area contributed by atoms with Crippen molar-refractivity contribution in [3.05, 3.63) is 33.3 Å². The number of carboxylic acid groups (broad SMARTS) is 1. The Bertz CT molecular complexity index is 977. The molecule has 1 saturated carbocycles. The van der Waals surface area contributed by atoms with Crippen molar-refractivity contribution >= 4 is 46.8 Å². The van der Waals surface area contributed by atoms with Gasteiger partial charge >= 0.3 is 6.16 Å². The zero-order valence-electron chi connectivity index (χ0n) is 14.2. The Labute approximate surface area is 164 Å². The van der Waals surface area contributed by atoms with Gasteiger partial charge in [-0.05, 0) is 25.3 Å². The van der Waals surface area contributed by atoms with E-state index in [9.17, 15) is 14.0 Å². The van der Waals surface area contributed by atoms with E-state index in [4.69, 9.17) is 22.4 Å². The first-order chi connectivity index (χ1) is 12.4. The second-order valence-electron chi connectivity index (χ2n) is 6.74. The number of benzene rings is 1. The van der Waals surface area contributed by atoms with Crippen LogP contribution in [0.15, 0.2) is 17.1 Å². The Balaban J connectivity index is 0.00000210. The standard InChI is InChI=1S/C17H17ClFN3O4.ClH/c18-13-14-10(5-11(19)15(13)21-4-3-8(20)6-21)16(23)12(26-17(24)25)7-22(14)9-1-2-9;/h5,7-9H,1-4,6,20H2,(H,24,25);1H/t8-;/m0./s1. The van der Waals surface area contributed by atoms with Gasteiger partial charge in [-0.3, -0.25) is 4.79 Å². The van der Waals surface area contributed by atoms with E-state index in [0.717, 1.165) is 25.3 Å². The number of rotatable bonds is 3. The van der Waals surface area contributed by atoms with Crippen LogP contribution in [-0.2, 0) is 0 Å². The summed E-state index contributed by atoms with van der Waals surface area (Å²) >= 11 is 6.54. The van der Waals surface area contributed by atoms with Crippen LogP contribution in [-0.4, -0.2) is 35.0 Å². The quantitative estimate of drug-likeness (QED) is 0.744. The van der Waals surface area contributed by atoms with E-state index in [1.807, 2.05) is 0 Å². The highest BCUT2D eigenvalue weighted by atomic mass is 35.5. The maximum Gasteiger partial charge on any atom is 0.511 e. The first kappa shape index (κ1) is 19.7. The summed E-state index contributed by atoms with van der Waals surface area (Å²) in [5, 5.41) is 8.99. The molecule has 7 nitrogen and oxygen atoms in total. The van der Waals surface area contributed by atoms with Gasteiger partial charge in [0.1, 0.15) is 5.82 Å². The highest BCUT2D eigenvalue weighted by Gasteiger charge is 2.31. The predicted molar refractivity (Wildman–Crippen MR) is 102 cm³/mol. The van der Waals surface area contributed by atoms with Crippen molar-refractivity contribution in [2.45, 2.75) is 31.3 Å². The summed E-state index contributed by atoms with van der Waals surface area (Å²) in [7, 11) is 0. The highest BCUT2D eigenvalue weighted by Crippen LogP contribution is 2.43. The van der Waals surface area contributed by atoms with Crippen LogP contribution in [0.1, 0.15) is 25.3 Å². The van der Waals surface area contributed by atoms with E-state index in [1.54, 1.807) is 9.47 Å². The molecule has 1 atom stereocenters. The van der Waals surface area contributed by atoms with Crippen molar-refractivity contribution in [1.29, 1.82) is 0 Å². The SMILES string of the molecule is Cl.N[C@H]1CCN(c2c(F)cc3c(=O)c(OC(=O)O)cn(C4CC4)c3c2Cl)C1. The van der Waals surface area contributed by atoms with E-state index in [2.05, 4.69) is 4.74 Å². The van der Waals surface area contributed by atoms with Crippen LogP contribution < -0.4 is 20.8 Å². The molecule has 2 aliphatic rings. The molecular formula is C17H18Cl2FN3O4. The summed E-state index contributed by atoms with van der Waals surface area (Å²) in [6.07, 6.45) is 2.21. The maximum absolute atomic E-state index is 14.8. The fourth-order valence-corrected chi connectivity index (χ4v) is 3.90. The van der Waals surface area contributed by atoms with Crippen LogP contribution >= 0.6 is 24.0 Å². The topological polar surface area (TPSA) is 97.8 Å². The van der Waals surface area contributed by atoms with Gasteiger partial charge in [0.25, 0.3) is 0 Å². The first-order valence-corrected chi connectivity index (χ1v) is 8.72. The lowest BCUT2D eigenvalue weighted by Gasteiger charge is -2.23. The molecule has 1 aliphatic heterocycles. The predicted octanol–water partition coefficient (Wildman–Crippen LogP) is 3.14. The number of carbonyl (C=O) groups is 1. The first-order valence-electron chi connectivity index (χ1n) is 8.35. The van der Waals surface area contributed by atoms with Crippen molar-refractivity contribution in [3.8, 4) is 5.75 Å². The van der Waals surface area contributed by atoms with Crippen LogP contribution in [0.2, 0.25) is 5.02 Å². The number of halogens is 3. The number of nitrogens with zero attached hydrogens (tertiary/aromatic N) is 2. The summed E-state index contributed by atoms with van der Waals surface area (Å²) in [5.41, 5.74) is 5.84.